The highest BCUT2D eigenvalue weighted by atomic mass is 35.5. The number of halogens is 1. The van der Waals surface area contributed by atoms with Crippen LogP contribution >= 0.6 is 11.6 Å². The predicted octanol–water partition coefficient (Wildman–Crippen LogP) is 3.77. The molecular weight excluding hydrogens is 250 g/mol. The molecule has 0 unspecified atom stereocenters. The number of aryl methyl sites for hydroxylation is 1. The van der Waals surface area contributed by atoms with Gasteiger partial charge in [0.05, 0.1) is 0 Å². The molecule has 0 saturated heterocycles. The van der Waals surface area contributed by atoms with Crippen molar-refractivity contribution in [1.29, 1.82) is 0 Å². The molecule has 2 aromatic rings. The van der Waals surface area contributed by atoms with Gasteiger partial charge >= 0.3 is 0 Å². The van der Waals surface area contributed by atoms with Crippen molar-refractivity contribution in [3.63, 3.8) is 0 Å². The number of anilines is 1. The van der Waals surface area contributed by atoms with E-state index in [0.717, 1.165) is 12.1 Å². The summed E-state index contributed by atoms with van der Waals surface area (Å²) >= 11 is 5.66. The Kier molecular flexibility index (Phi) is 3.72. The lowest BCUT2D eigenvalue weighted by Gasteiger charge is -2.16. The molecule has 2 rings (SSSR count). The van der Waals surface area contributed by atoms with Crippen LogP contribution < -0.4 is 4.90 Å². The van der Waals surface area contributed by atoms with Crippen molar-refractivity contribution in [3.8, 4) is 0 Å². The second-order valence-electron chi connectivity index (χ2n) is 3.99. The van der Waals surface area contributed by atoms with Gasteiger partial charge in [-0.3, -0.25) is 4.79 Å². The van der Waals surface area contributed by atoms with E-state index >= 15 is 0 Å². The SMILES string of the molecule is CCc1ccc(N(C)C(=O)c2ccc(Cl)o2)cc1. The van der Waals surface area contributed by atoms with Gasteiger partial charge in [0.25, 0.3) is 5.91 Å². The van der Waals surface area contributed by atoms with Crippen LogP contribution in [0.4, 0.5) is 5.69 Å². The molecule has 0 N–H and O–H groups in total. The van der Waals surface area contributed by atoms with Crippen molar-refractivity contribution >= 4 is 23.2 Å². The lowest BCUT2D eigenvalue weighted by Crippen LogP contribution is -2.25. The van der Waals surface area contributed by atoms with Crippen LogP contribution in [0.25, 0.3) is 0 Å². The van der Waals surface area contributed by atoms with Crippen LogP contribution in [-0.4, -0.2) is 13.0 Å². The zero-order valence-corrected chi connectivity index (χ0v) is 11.1. The number of amides is 1. The summed E-state index contributed by atoms with van der Waals surface area (Å²) in [7, 11) is 1.71. The standard InChI is InChI=1S/C14H14ClNO2/c1-3-10-4-6-11(7-5-10)16(2)14(17)12-8-9-13(15)18-12/h4-9H,3H2,1-2H3. The van der Waals surface area contributed by atoms with Crippen LogP contribution in [0.2, 0.25) is 5.22 Å². The van der Waals surface area contributed by atoms with Gasteiger partial charge in [0.15, 0.2) is 11.0 Å². The van der Waals surface area contributed by atoms with Crippen LogP contribution in [0.1, 0.15) is 23.0 Å². The largest absolute Gasteiger partial charge is 0.440 e. The Hall–Kier alpha value is -1.74. The molecule has 18 heavy (non-hydrogen) atoms. The van der Waals surface area contributed by atoms with Crippen LogP contribution in [0.15, 0.2) is 40.8 Å². The number of furan rings is 1. The fourth-order valence-electron chi connectivity index (χ4n) is 1.67. The first-order valence-electron chi connectivity index (χ1n) is 5.74. The highest BCUT2D eigenvalue weighted by Crippen LogP contribution is 2.19. The van der Waals surface area contributed by atoms with Crippen molar-refractivity contribution in [2.75, 3.05) is 11.9 Å². The average molecular weight is 264 g/mol. The highest BCUT2D eigenvalue weighted by molar-refractivity contribution is 6.29. The monoisotopic (exact) mass is 263 g/mol. The molecule has 0 aliphatic rings. The molecule has 3 nitrogen and oxygen atoms in total. The third-order valence-corrected chi connectivity index (χ3v) is 3.02. The van der Waals surface area contributed by atoms with Crippen LogP contribution in [0.5, 0.6) is 0 Å². The van der Waals surface area contributed by atoms with E-state index in [1.54, 1.807) is 19.2 Å². The zero-order valence-electron chi connectivity index (χ0n) is 10.3. The molecule has 1 amide bonds. The van der Waals surface area contributed by atoms with Gasteiger partial charge in [0.2, 0.25) is 0 Å². The van der Waals surface area contributed by atoms with E-state index in [2.05, 4.69) is 6.92 Å². The lowest BCUT2D eigenvalue weighted by molar-refractivity contribution is 0.0966. The summed E-state index contributed by atoms with van der Waals surface area (Å²) in [6, 6.07) is 11.0. The Morgan fingerprint density at radius 3 is 2.39 bits per heavy atom. The summed E-state index contributed by atoms with van der Waals surface area (Å²) in [4.78, 5) is 13.6. The van der Waals surface area contributed by atoms with Crippen LogP contribution in [-0.2, 0) is 6.42 Å². The first-order valence-corrected chi connectivity index (χ1v) is 6.12. The number of hydrogen-bond acceptors (Lipinski definition) is 2. The van der Waals surface area contributed by atoms with E-state index in [9.17, 15) is 4.79 Å². The van der Waals surface area contributed by atoms with E-state index in [1.807, 2.05) is 24.3 Å². The maximum absolute atomic E-state index is 12.1. The van der Waals surface area contributed by atoms with Gasteiger partial charge < -0.3 is 9.32 Å². The van der Waals surface area contributed by atoms with E-state index in [-0.39, 0.29) is 16.9 Å². The van der Waals surface area contributed by atoms with E-state index in [0.29, 0.717) is 0 Å². The summed E-state index contributed by atoms with van der Waals surface area (Å²) in [5.41, 5.74) is 2.06. The molecule has 1 aromatic carbocycles. The molecule has 0 bridgehead atoms. The second kappa shape index (κ2) is 5.27. The fourth-order valence-corrected chi connectivity index (χ4v) is 1.81. The molecule has 0 aliphatic carbocycles. The molecule has 4 heteroatoms. The minimum absolute atomic E-state index is 0.216. The number of carbonyl (C=O) groups excluding carboxylic acids is 1. The maximum Gasteiger partial charge on any atom is 0.293 e. The van der Waals surface area contributed by atoms with Crippen molar-refractivity contribution < 1.29 is 9.21 Å². The third-order valence-electron chi connectivity index (χ3n) is 2.82. The highest BCUT2D eigenvalue weighted by Gasteiger charge is 2.16. The first-order chi connectivity index (χ1) is 8.61. The number of rotatable bonds is 3. The van der Waals surface area contributed by atoms with Gasteiger partial charge in [-0.05, 0) is 47.9 Å². The normalized spacial score (nSPS) is 10.4. The average Bonchev–Trinajstić information content (AvgIpc) is 2.84. The molecule has 1 aromatic heterocycles. The summed E-state index contributed by atoms with van der Waals surface area (Å²) in [5.74, 6) is 0.0215. The van der Waals surface area contributed by atoms with Gasteiger partial charge in [-0.15, -0.1) is 0 Å². The first kappa shape index (κ1) is 12.7. The zero-order chi connectivity index (χ0) is 13.1. The van der Waals surface area contributed by atoms with Gasteiger partial charge in [-0.25, -0.2) is 0 Å². The molecule has 0 spiro atoms. The van der Waals surface area contributed by atoms with E-state index < -0.39 is 0 Å². The summed E-state index contributed by atoms with van der Waals surface area (Å²) < 4.78 is 5.11. The number of benzene rings is 1. The third kappa shape index (κ3) is 2.57. The van der Waals surface area contributed by atoms with Crippen molar-refractivity contribution in [2.45, 2.75) is 13.3 Å². The minimum Gasteiger partial charge on any atom is -0.440 e. The Labute approximate surface area is 111 Å². The Morgan fingerprint density at radius 1 is 1.22 bits per heavy atom. The second-order valence-corrected chi connectivity index (χ2v) is 4.36. The quantitative estimate of drug-likeness (QED) is 0.845. The Bertz CT molecular complexity index is 545. The molecule has 1 heterocycles. The van der Waals surface area contributed by atoms with Gasteiger partial charge in [-0.2, -0.15) is 0 Å². The maximum atomic E-state index is 12.1. The minimum atomic E-state index is -0.217. The summed E-state index contributed by atoms with van der Waals surface area (Å²) in [6.07, 6.45) is 0.978. The molecule has 0 radical (unpaired) electrons. The Balaban J connectivity index is 2.19. The van der Waals surface area contributed by atoms with Crippen molar-refractivity contribution in [2.24, 2.45) is 0 Å². The van der Waals surface area contributed by atoms with Crippen molar-refractivity contribution in [3.05, 3.63) is 52.9 Å². The summed E-state index contributed by atoms with van der Waals surface area (Å²) in [5, 5.41) is 0.216. The van der Waals surface area contributed by atoms with Gasteiger partial charge in [0.1, 0.15) is 0 Å². The molecule has 0 atom stereocenters. The smallest absolute Gasteiger partial charge is 0.293 e. The number of carbonyl (C=O) groups is 1. The number of nitrogens with zero attached hydrogens (tertiary/aromatic N) is 1. The molecule has 94 valence electrons. The van der Waals surface area contributed by atoms with Crippen LogP contribution in [0, 0.1) is 0 Å². The molecule has 0 saturated carbocycles. The van der Waals surface area contributed by atoms with E-state index in [4.69, 9.17) is 16.0 Å². The lowest BCUT2D eigenvalue weighted by atomic mass is 10.1. The van der Waals surface area contributed by atoms with Gasteiger partial charge in [0, 0.05) is 12.7 Å². The molecule has 0 fully saturated rings. The van der Waals surface area contributed by atoms with Crippen molar-refractivity contribution in [1.82, 2.24) is 0 Å². The molecule has 0 aliphatic heterocycles. The molecular formula is C14H14ClNO2. The van der Waals surface area contributed by atoms with Gasteiger partial charge in [-0.1, -0.05) is 19.1 Å². The predicted molar refractivity (Wildman–Crippen MR) is 72.3 cm³/mol. The fraction of sp³-hybridized carbons (Fsp3) is 0.214. The topological polar surface area (TPSA) is 33.5 Å². The van der Waals surface area contributed by atoms with Crippen LogP contribution in [0.3, 0.4) is 0 Å². The summed E-state index contributed by atoms with van der Waals surface area (Å²) in [6.45, 7) is 2.09. The van der Waals surface area contributed by atoms with E-state index in [1.165, 1.54) is 10.5 Å². The number of hydrogen-bond donors (Lipinski definition) is 0. The Morgan fingerprint density at radius 2 is 1.89 bits per heavy atom.